The molecule has 35 heavy (non-hydrogen) atoms. The van der Waals surface area contributed by atoms with E-state index in [1.165, 1.54) is 72.8 Å². The minimum atomic E-state index is -4.11. The van der Waals surface area contributed by atoms with Gasteiger partial charge in [-0.25, -0.2) is 0 Å². The van der Waals surface area contributed by atoms with E-state index < -0.39 is 20.2 Å². The van der Waals surface area contributed by atoms with Crippen molar-refractivity contribution in [2.24, 2.45) is 0 Å². The average Bonchev–Trinajstić information content (AvgIpc) is 2.83. The van der Waals surface area contributed by atoms with Crippen LogP contribution in [-0.4, -0.2) is 16.8 Å². The Morgan fingerprint density at radius 1 is 0.486 bits per heavy atom. The van der Waals surface area contributed by atoms with Crippen LogP contribution in [0.3, 0.4) is 0 Å². The predicted molar refractivity (Wildman–Crippen MR) is 131 cm³/mol. The molecule has 0 atom stereocenters. The van der Waals surface area contributed by atoms with Crippen LogP contribution in [0, 0.1) is 0 Å². The van der Waals surface area contributed by atoms with E-state index in [0.29, 0.717) is 11.5 Å². The van der Waals surface area contributed by atoms with Gasteiger partial charge in [-0.3, -0.25) is 0 Å². The van der Waals surface area contributed by atoms with Crippen LogP contribution in [0.2, 0.25) is 10.0 Å². The zero-order valence-corrected chi connectivity index (χ0v) is 20.8. The van der Waals surface area contributed by atoms with Crippen LogP contribution >= 0.6 is 23.2 Å². The molecule has 0 N–H and O–H groups in total. The lowest BCUT2D eigenvalue weighted by molar-refractivity contribution is 0.477. The molecule has 0 aliphatic heterocycles. The summed E-state index contributed by atoms with van der Waals surface area (Å²) in [5.41, 5.74) is 0. The number of benzene rings is 4. The monoisotopic (exact) mass is 550 g/mol. The Kier molecular flexibility index (Phi) is 7.23. The van der Waals surface area contributed by atoms with Crippen molar-refractivity contribution in [3.05, 3.63) is 107 Å². The lowest BCUT2D eigenvalue weighted by Gasteiger charge is -2.11. The number of para-hydroxylation sites is 2. The van der Waals surface area contributed by atoms with Crippen LogP contribution in [0.4, 0.5) is 0 Å². The minimum Gasteiger partial charge on any atom is -0.457 e. The Labute approximate surface area is 212 Å². The summed E-state index contributed by atoms with van der Waals surface area (Å²) in [6.45, 7) is 0. The first kappa shape index (κ1) is 24.9. The topological polar surface area (TPSA) is 96.0 Å². The first-order valence-corrected chi connectivity index (χ1v) is 13.5. The van der Waals surface area contributed by atoms with Crippen molar-refractivity contribution < 1.29 is 29.9 Å². The molecule has 0 amide bonds. The van der Waals surface area contributed by atoms with Gasteiger partial charge in [-0.15, -0.1) is 0 Å². The van der Waals surface area contributed by atoms with Crippen molar-refractivity contribution in [2.45, 2.75) is 9.79 Å². The molecule has 0 aromatic heterocycles. The summed E-state index contributed by atoms with van der Waals surface area (Å²) in [5.74, 6) is 0.681. The zero-order valence-electron chi connectivity index (χ0n) is 17.7. The van der Waals surface area contributed by atoms with Gasteiger partial charge in [0.15, 0.2) is 11.5 Å². The third-order valence-corrected chi connectivity index (χ3v) is 7.65. The van der Waals surface area contributed by atoms with Gasteiger partial charge < -0.3 is 13.1 Å². The Morgan fingerprint density at radius 3 is 1.17 bits per heavy atom. The number of ether oxygens (including phenoxy) is 1. The fourth-order valence-corrected chi connectivity index (χ4v) is 5.18. The molecular weight excluding hydrogens is 535 g/mol. The van der Waals surface area contributed by atoms with Gasteiger partial charge in [0.05, 0.1) is 10.0 Å². The highest BCUT2D eigenvalue weighted by Gasteiger charge is 2.20. The number of hydrogen-bond donors (Lipinski definition) is 0. The van der Waals surface area contributed by atoms with Crippen molar-refractivity contribution in [3.63, 3.8) is 0 Å². The number of hydrogen-bond acceptors (Lipinski definition) is 7. The molecule has 0 aliphatic carbocycles. The maximum absolute atomic E-state index is 12.5. The van der Waals surface area contributed by atoms with Gasteiger partial charge in [-0.2, -0.15) is 16.8 Å². The SMILES string of the molecule is O=S(=O)(Oc1ccccc1Cl)c1ccc(Oc2ccc(S(=O)(=O)Oc3ccccc3Cl)cc2)cc1. The predicted octanol–water partition coefficient (Wildman–Crippen LogP) is 6.32. The van der Waals surface area contributed by atoms with Crippen LogP contribution in [0.15, 0.2) is 107 Å². The summed E-state index contributed by atoms with van der Waals surface area (Å²) < 4.78 is 65.9. The van der Waals surface area contributed by atoms with E-state index in [0.717, 1.165) is 0 Å². The Bertz CT molecular complexity index is 1430. The van der Waals surface area contributed by atoms with Gasteiger partial charge in [0.1, 0.15) is 21.3 Å². The molecule has 0 spiro atoms. The van der Waals surface area contributed by atoms with Gasteiger partial charge in [-0.05, 0) is 72.8 Å². The molecule has 0 unspecified atom stereocenters. The fourth-order valence-electron chi connectivity index (χ4n) is 2.84. The van der Waals surface area contributed by atoms with Gasteiger partial charge in [-0.1, -0.05) is 47.5 Å². The van der Waals surface area contributed by atoms with E-state index >= 15 is 0 Å². The second-order valence-electron chi connectivity index (χ2n) is 6.98. The van der Waals surface area contributed by atoms with Gasteiger partial charge in [0.2, 0.25) is 0 Å². The fraction of sp³-hybridized carbons (Fsp3) is 0. The van der Waals surface area contributed by atoms with Crippen molar-refractivity contribution in [2.75, 3.05) is 0 Å². The van der Waals surface area contributed by atoms with Crippen molar-refractivity contribution in [1.82, 2.24) is 0 Å². The lowest BCUT2D eigenvalue weighted by Crippen LogP contribution is -2.10. The summed E-state index contributed by atoms with van der Waals surface area (Å²) in [6.07, 6.45) is 0. The smallest absolute Gasteiger partial charge is 0.339 e. The molecule has 11 heteroatoms. The van der Waals surface area contributed by atoms with E-state index in [9.17, 15) is 16.8 Å². The van der Waals surface area contributed by atoms with Crippen LogP contribution in [-0.2, 0) is 20.2 Å². The van der Waals surface area contributed by atoms with E-state index in [1.54, 1.807) is 24.3 Å². The zero-order chi connectivity index (χ0) is 25.1. The number of halogens is 2. The lowest BCUT2D eigenvalue weighted by atomic mass is 10.3. The third-order valence-electron chi connectivity index (χ3n) is 4.53. The highest BCUT2D eigenvalue weighted by atomic mass is 35.5. The largest absolute Gasteiger partial charge is 0.457 e. The normalized spacial score (nSPS) is 11.6. The van der Waals surface area contributed by atoms with E-state index in [2.05, 4.69) is 0 Å². The molecule has 4 aromatic carbocycles. The second kappa shape index (κ2) is 10.2. The molecule has 0 bridgehead atoms. The summed E-state index contributed by atoms with van der Waals surface area (Å²) in [7, 11) is -8.21. The molecule has 0 heterocycles. The molecule has 4 aromatic rings. The van der Waals surface area contributed by atoms with Gasteiger partial charge >= 0.3 is 20.2 Å². The molecule has 0 saturated carbocycles. The molecule has 0 fully saturated rings. The van der Waals surface area contributed by atoms with E-state index in [-0.39, 0.29) is 31.3 Å². The van der Waals surface area contributed by atoms with Crippen molar-refractivity contribution >= 4 is 43.4 Å². The molecule has 0 radical (unpaired) electrons. The first-order valence-electron chi connectivity index (χ1n) is 9.90. The highest BCUT2D eigenvalue weighted by Crippen LogP contribution is 2.30. The molecular formula is C24H16Cl2O7S2. The molecule has 4 rings (SSSR count). The van der Waals surface area contributed by atoms with Crippen LogP contribution in [0.5, 0.6) is 23.0 Å². The summed E-state index contributed by atoms with van der Waals surface area (Å²) in [6, 6.07) is 23.5. The van der Waals surface area contributed by atoms with E-state index in [1.807, 2.05) is 0 Å². The Morgan fingerprint density at radius 2 is 0.829 bits per heavy atom. The Hall–Kier alpha value is -3.24. The third kappa shape index (κ3) is 6.07. The van der Waals surface area contributed by atoms with Gasteiger partial charge in [0.25, 0.3) is 0 Å². The first-order chi connectivity index (χ1) is 16.6. The minimum absolute atomic E-state index is 0.0167. The van der Waals surface area contributed by atoms with Crippen LogP contribution in [0.1, 0.15) is 0 Å². The van der Waals surface area contributed by atoms with Crippen molar-refractivity contribution in [1.29, 1.82) is 0 Å². The van der Waals surface area contributed by atoms with Gasteiger partial charge in [0, 0.05) is 0 Å². The summed E-state index contributed by atoms with van der Waals surface area (Å²) in [5, 5.41) is 0.331. The summed E-state index contributed by atoms with van der Waals surface area (Å²) in [4.78, 5) is -0.189. The number of rotatable bonds is 8. The van der Waals surface area contributed by atoms with Crippen LogP contribution < -0.4 is 13.1 Å². The molecule has 180 valence electrons. The summed E-state index contributed by atoms with van der Waals surface area (Å²) >= 11 is 11.9. The maximum Gasteiger partial charge on any atom is 0.339 e. The molecule has 0 saturated heterocycles. The van der Waals surface area contributed by atoms with Crippen LogP contribution in [0.25, 0.3) is 0 Å². The van der Waals surface area contributed by atoms with Crippen molar-refractivity contribution in [3.8, 4) is 23.0 Å². The highest BCUT2D eigenvalue weighted by molar-refractivity contribution is 7.87. The molecule has 0 aliphatic rings. The quantitative estimate of drug-likeness (QED) is 0.237. The maximum atomic E-state index is 12.5. The average molecular weight is 551 g/mol. The second-order valence-corrected chi connectivity index (χ2v) is 10.9. The molecule has 7 nitrogen and oxygen atoms in total. The van der Waals surface area contributed by atoms with E-state index in [4.69, 9.17) is 36.3 Å². The Balaban J connectivity index is 1.44. The standard InChI is InChI=1S/C24H16Cl2O7S2/c25-21-5-1-3-7-23(21)32-34(27,28)19-13-9-17(10-14-19)31-18-11-15-20(16-12-18)35(29,30)33-24-8-4-2-6-22(24)26/h1-16H.